The lowest BCUT2D eigenvalue weighted by Gasteiger charge is -2.13. The topological polar surface area (TPSA) is 49.7 Å². The largest absolute Gasteiger partial charge is 0.488 e. The molecule has 0 unspecified atom stereocenters. The Morgan fingerprint density at radius 1 is 0.667 bits per heavy atom. The maximum Gasteiger partial charge on any atom is 0.127 e. The second kappa shape index (κ2) is 7.77. The van der Waals surface area contributed by atoms with Gasteiger partial charge in [0.2, 0.25) is 0 Å². The van der Waals surface area contributed by atoms with E-state index in [1.807, 2.05) is 66.7 Å². The summed E-state index contributed by atoms with van der Waals surface area (Å²) in [6.45, 7) is 0.367. The molecule has 0 aliphatic heterocycles. The van der Waals surface area contributed by atoms with E-state index in [0.29, 0.717) is 6.61 Å². The Hall–Kier alpha value is -2.62. The number of hydrogen-bond acceptors (Lipinski definition) is 3. The zero-order valence-electron chi connectivity index (χ0n) is 13.4. The van der Waals surface area contributed by atoms with Crippen molar-refractivity contribution in [2.24, 2.45) is 0 Å². The molecule has 0 amide bonds. The van der Waals surface area contributed by atoms with E-state index in [4.69, 9.17) is 4.74 Å². The van der Waals surface area contributed by atoms with Gasteiger partial charge in [-0.1, -0.05) is 54.6 Å². The molecular weight excluding hydrogens is 300 g/mol. The van der Waals surface area contributed by atoms with Crippen molar-refractivity contribution in [3.63, 3.8) is 0 Å². The van der Waals surface area contributed by atoms with Crippen LogP contribution in [0, 0.1) is 0 Å². The van der Waals surface area contributed by atoms with E-state index >= 15 is 0 Å². The van der Waals surface area contributed by atoms with Crippen molar-refractivity contribution in [3.05, 3.63) is 89.5 Å². The van der Waals surface area contributed by atoms with Crippen molar-refractivity contribution in [1.82, 2.24) is 0 Å². The lowest BCUT2D eigenvalue weighted by molar-refractivity contribution is 0.275. The summed E-state index contributed by atoms with van der Waals surface area (Å²) in [6.07, 6.45) is 0. The summed E-state index contributed by atoms with van der Waals surface area (Å²) in [5.74, 6) is 0.778. The number of para-hydroxylation sites is 1. The van der Waals surface area contributed by atoms with Crippen molar-refractivity contribution in [2.75, 3.05) is 0 Å². The molecular formula is C21H20O3. The fourth-order valence-corrected chi connectivity index (χ4v) is 2.67. The maximum atomic E-state index is 9.44. The van der Waals surface area contributed by atoms with E-state index in [1.165, 1.54) is 0 Å². The molecule has 3 aromatic carbocycles. The third kappa shape index (κ3) is 3.82. The van der Waals surface area contributed by atoms with Gasteiger partial charge in [0, 0.05) is 5.56 Å². The van der Waals surface area contributed by atoms with Crippen LogP contribution in [0.5, 0.6) is 5.75 Å². The van der Waals surface area contributed by atoms with Crippen LogP contribution in [0.4, 0.5) is 0 Å². The monoisotopic (exact) mass is 320 g/mol. The van der Waals surface area contributed by atoms with E-state index in [9.17, 15) is 10.2 Å². The zero-order valence-corrected chi connectivity index (χ0v) is 13.4. The summed E-state index contributed by atoms with van der Waals surface area (Å²) in [7, 11) is 0. The van der Waals surface area contributed by atoms with Gasteiger partial charge in [-0.15, -0.1) is 0 Å². The quantitative estimate of drug-likeness (QED) is 0.724. The Morgan fingerprint density at radius 2 is 1.29 bits per heavy atom. The van der Waals surface area contributed by atoms with Crippen LogP contribution in [-0.4, -0.2) is 10.2 Å². The van der Waals surface area contributed by atoms with Gasteiger partial charge in [-0.2, -0.15) is 0 Å². The zero-order chi connectivity index (χ0) is 16.8. The molecule has 0 aliphatic carbocycles. The molecule has 3 aromatic rings. The number of aliphatic hydroxyl groups is 2. The molecule has 0 heterocycles. The summed E-state index contributed by atoms with van der Waals surface area (Å²) in [5, 5.41) is 18.9. The van der Waals surface area contributed by atoms with Crippen molar-refractivity contribution in [2.45, 2.75) is 19.8 Å². The van der Waals surface area contributed by atoms with Gasteiger partial charge < -0.3 is 14.9 Å². The molecule has 0 saturated carbocycles. The van der Waals surface area contributed by atoms with Crippen LogP contribution in [0.1, 0.15) is 16.7 Å². The Labute approximate surface area is 141 Å². The molecule has 0 fully saturated rings. The molecule has 0 spiro atoms. The first kappa shape index (κ1) is 16.2. The Kier molecular flexibility index (Phi) is 5.26. The van der Waals surface area contributed by atoms with Crippen LogP contribution in [0.15, 0.2) is 72.8 Å². The molecule has 2 N–H and O–H groups in total. The molecule has 0 aromatic heterocycles. The molecule has 0 radical (unpaired) electrons. The summed E-state index contributed by atoms with van der Waals surface area (Å²) < 4.78 is 6.00. The minimum atomic E-state index is -0.0616. The van der Waals surface area contributed by atoms with Gasteiger partial charge in [-0.3, -0.25) is 0 Å². The number of aliphatic hydroxyl groups excluding tert-OH is 2. The second-order valence-electron chi connectivity index (χ2n) is 5.62. The van der Waals surface area contributed by atoms with Crippen LogP contribution >= 0.6 is 0 Å². The van der Waals surface area contributed by atoms with Gasteiger partial charge >= 0.3 is 0 Å². The van der Waals surface area contributed by atoms with E-state index in [1.54, 1.807) is 6.07 Å². The number of ether oxygens (including phenoxy) is 1. The molecule has 0 atom stereocenters. The lowest BCUT2D eigenvalue weighted by atomic mass is 9.99. The number of benzene rings is 3. The highest BCUT2D eigenvalue weighted by Crippen LogP contribution is 2.32. The summed E-state index contributed by atoms with van der Waals surface area (Å²) in [6, 6.07) is 23.5. The molecule has 0 saturated heterocycles. The normalized spacial score (nSPS) is 10.6. The molecule has 122 valence electrons. The first-order chi connectivity index (χ1) is 11.8. The summed E-state index contributed by atoms with van der Waals surface area (Å²) >= 11 is 0. The van der Waals surface area contributed by atoms with Crippen molar-refractivity contribution in [3.8, 4) is 16.9 Å². The molecule has 24 heavy (non-hydrogen) atoms. The fourth-order valence-electron chi connectivity index (χ4n) is 2.67. The smallest absolute Gasteiger partial charge is 0.127 e. The van der Waals surface area contributed by atoms with Gasteiger partial charge in [-0.25, -0.2) is 0 Å². The Bertz CT molecular complexity index is 775. The second-order valence-corrected chi connectivity index (χ2v) is 5.62. The summed E-state index contributed by atoms with van der Waals surface area (Å²) in [4.78, 5) is 0. The number of rotatable bonds is 6. The van der Waals surface area contributed by atoms with E-state index in [0.717, 1.165) is 33.6 Å². The van der Waals surface area contributed by atoms with Crippen LogP contribution in [0.3, 0.4) is 0 Å². The third-order valence-electron chi connectivity index (χ3n) is 3.85. The average Bonchev–Trinajstić information content (AvgIpc) is 2.67. The Morgan fingerprint density at radius 3 is 1.96 bits per heavy atom. The Balaban J connectivity index is 1.91. The molecule has 3 nitrogen and oxygen atoms in total. The van der Waals surface area contributed by atoms with Crippen molar-refractivity contribution in [1.29, 1.82) is 0 Å². The molecule has 0 aliphatic rings. The van der Waals surface area contributed by atoms with Crippen molar-refractivity contribution < 1.29 is 14.9 Å². The number of hydrogen-bond donors (Lipinski definition) is 2. The van der Waals surface area contributed by atoms with Crippen LogP contribution < -0.4 is 4.74 Å². The predicted molar refractivity (Wildman–Crippen MR) is 94.5 cm³/mol. The van der Waals surface area contributed by atoms with Gasteiger partial charge in [0.1, 0.15) is 12.4 Å². The minimum Gasteiger partial charge on any atom is -0.488 e. The SMILES string of the molecule is OCc1cc(CO)cc(-c2ccccc2OCc2ccccc2)c1. The van der Waals surface area contributed by atoms with Gasteiger partial charge in [0.05, 0.1) is 13.2 Å². The minimum absolute atomic E-state index is 0.0616. The third-order valence-corrected chi connectivity index (χ3v) is 3.85. The maximum absolute atomic E-state index is 9.44. The standard InChI is InChI=1S/C21H20O3/c22-13-17-10-18(14-23)12-19(11-17)20-8-4-5-9-21(20)24-15-16-6-2-1-3-7-16/h1-12,22-23H,13-15H2. The molecule has 0 bridgehead atoms. The highest BCUT2D eigenvalue weighted by atomic mass is 16.5. The van der Waals surface area contributed by atoms with Crippen LogP contribution in [0.2, 0.25) is 0 Å². The first-order valence-electron chi connectivity index (χ1n) is 7.91. The van der Waals surface area contributed by atoms with E-state index < -0.39 is 0 Å². The van der Waals surface area contributed by atoms with Crippen LogP contribution in [-0.2, 0) is 19.8 Å². The van der Waals surface area contributed by atoms with E-state index in [2.05, 4.69) is 0 Å². The average molecular weight is 320 g/mol. The molecule has 3 heteroatoms. The highest BCUT2D eigenvalue weighted by molar-refractivity contribution is 5.71. The van der Waals surface area contributed by atoms with Crippen molar-refractivity contribution >= 4 is 0 Å². The van der Waals surface area contributed by atoms with Gasteiger partial charge in [-0.05, 0) is 40.5 Å². The lowest BCUT2D eigenvalue weighted by Crippen LogP contribution is -1.97. The highest BCUT2D eigenvalue weighted by Gasteiger charge is 2.09. The van der Waals surface area contributed by atoms with Gasteiger partial charge in [0.15, 0.2) is 0 Å². The predicted octanol–water partition coefficient (Wildman–Crippen LogP) is 3.92. The van der Waals surface area contributed by atoms with Gasteiger partial charge in [0.25, 0.3) is 0 Å². The fraction of sp³-hybridized carbons (Fsp3) is 0.143. The van der Waals surface area contributed by atoms with Crippen LogP contribution in [0.25, 0.3) is 11.1 Å². The summed E-state index contributed by atoms with van der Waals surface area (Å²) in [5.41, 5.74) is 4.52. The molecule has 3 rings (SSSR count). The first-order valence-corrected chi connectivity index (χ1v) is 7.91. The van der Waals surface area contributed by atoms with E-state index in [-0.39, 0.29) is 13.2 Å².